The average molecular weight is 391 g/mol. The Morgan fingerprint density at radius 1 is 1.04 bits per heavy atom. The third-order valence-corrected chi connectivity index (χ3v) is 4.95. The molecule has 1 aliphatic heterocycles. The summed E-state index contributed by atoms with van der Waals surface area (Å²) in [5, 5.41) is 0. The Kier molecular flexibility index (Phi) is 8.29. The van der Waals surface area contributed by atoms with Crippen molar-refractivity contribution in [2.45, 2.75) is 46.3 Å². The van der Waals surface area contributed by atoms with Gasteiger partial charge in [-0.2, -0.15) is 0 Å². The average Bonchev–Trinajstić information content (AvgIpc) is 3.17. The number of carbonyl (C=O) groups excluding carboxylic acids is 3. The van der Waals surface area contributed by atoms with Crippen LogP contribution >= 0.6 is 0 Å². The van der Waals surface area contributed by atoms with Crippen molar-refractivity contribution in [3.63, 3.8) is 0 Å². The fraction of sp³-hybridized carbons (Fsp3) is 0.571. The van der Waals surface area contributed by atoms with Gasteiger partial charge >= 0.3 is 18.0 Å². The monoisotopic (exact) mass is 391 g/mol. The van der Waals surface area contributed by atoms with Crippen LogP contribution in [0.3, 0.4) is 0 Å². The van der Waals surface area contributed by atoms with Gasteiger partial charge in [-0.3, -0.25) is 9.59 Å². The van der Waals surface area contributed by atoms with Crippen molar-refractivity contribution in [2.24, 2.45) is 11.8 Å². The Morgan fingerprint density at radius 2 is 1.64 bits per heavy atom. The van der Waals surface area contributed by atoms with Gasteiger partial charge in [-0.15, -0.1) is 0 Å². The summed E-state index contributed by atoms with van der Waals surface area (Å²) in [7, 11) is 0. The second-order valence-electron chi connectivity index (χ2n) is 6.78. The van der Waals surface area contributed by atoms with Gasteiger partial charge in [0.2, 0.25) is 0 Å². The second-order valence-corrected chi connectivity index (χ2v) is 6.78. The number of ether oxygens (including phenoxy) is 3. The van der Waals surface area contributed by atoms with Crippen LogP contribution in [0.5, 0.6) is 0 Å². The minimum absolute atomic E-state index is 0.176. The van der Waals surface area contributed by atoms with Crippen LogP contribution in [0.4, 0.5) is 4.79 Å². The first-order valence-electron chi connectivity index (χ1n) is 9.80. The van der Waals surface area contributed by atoms with Crippen molar-refractivity contribution in [3.8, 4) is 0 Å². The van der Waals surface area contributed by atoms with Crippen molar-refractivity contribution in [1.29, 1.82) is 0 Å². The summed E-state index contributed by atoms with van der Waals surface area (Å²) >= 11 is 0. The molecule has 1 aromatic rings. The number of hydrogen-bond donors (Lipinski definition) is 0. The number of benzene rings is 1. The van der Waals surface area contributed by atoms with E-state index in [1.54, 1.807) is 25.7 Å². The molecule has 7 nitrogen and oxygen atoms in total. The minimum atomic E-state index is -1.06. The molecule has 0 saturated carbocycles. The summed E-state index contributed by atoms with van der Waals surface area (Å²) in [6, 6.07) is 9.14. The molecular formula is C21H29NO6. The van der Waals surface area contributed by atoms with E-state index in [0.717, 1.165) is 12.0 Å². The van der Waals surface area contributed by atoms with Gasteiger partial charge in [0.1, 0.15) is 6.61 Å². The highest BCUT2D eigenvalue weighted by Crippen LogP contribution is 2.31. The van der Waals surface area contributed by atoms with Crippen LogP contribution in [-0.2, 0) is 30.4 Å². The molecule has 0 spiro atoms. The predicted molar refractivity (Wildman–Crippen MR) is 102 cm³/mol. The third kappa shape index (κ3) is 5.47. The van der Waals surface area contributed by atoms with Crippen LogP contribution in [0.1, 0.15) is 39.2 Å². The number of rotatable bonds is 8. The highest BCUT2D eigenvalue weighted by Gasteiger charge is 2.44. The molecule has 0 unspecified atom stereocenters. The molecule has 154 valence electrons. The first-order chi connectivity index (χ1) is 13.5. The number of carbonyl (C=O) groups is 3. The SMILES string of the molecule is CCOC(=O)C(C(=O)OCC)[C@@H](C)[C@@H]1CCCN1C(=O)OCc1ccccc1. The Balaban J connectivity index is 2.07. The number of esters is 2. The molecular weight excluding hydrogens is 362 g/mol. The van der Waals surface area contributed by atoms with Gasteiger partial charge in [-0.25, -0.2) is 4.79 Å². The molecule has 28 heavy (non-hydrogen) atoms. The topological polar surface area (TPSA) is 82.1 Å². The van der Waals surface area contributed by atoms with E-state index in [9.17, 15) is 14.4 Å². The summed E-state index contributed by atoms with van der Waals surface area (Å²) in [5.41, 5.74) is 0.899. The quantitative estimate of drug-likeness (QED) is 0.385. The maximum atomic E-state index is 12.6. The molecule has 7 heteroatoms. The highest BCUT2D eigenvalue weighted by atomic mass is 16.6. The Hall–Kier alpha value is -2.57. The van der Waals surface area contributed by atoms with E-state index in [-0.39, 0.29) is 25.9 Å². The van der Waals surface area contributed by atoms with E-state index in [2.05, 4.69) is 0 Å². The first-order valence-corrected chi connectivity index (χ1v) is 9.80. The maximum Gasteiger partial charge on any atom is 0.410 e. The lowest BCUT2D eigenvalue weighted by atomic mass is 9.86. The van der Waals surface area contributed by atoms with Gasteiger partial charge in [-0.05, 0) is 32.3 Å². The molecule has 1 aliphatic rings. The number of hydrogen-bond acceptors (Lipinski definition) is 6. The van der Waals surface area contributed by atoms with Gasteiger partial charge < -0.3 is 19.1 Å². The van der Waals surface area contributed by atoms with E-state index in [1.807, 2.05) is 30.3 Å². The molecule has 0 radical (unpaired) electrons. The lowest BCUT2D eigenvalue weighted by Crippen LogP contribution is -2.46. The summed E-state index contributed by atoms with van der Waals surface area (Å²) in [5.74, 6) is -2.73. The van der Waals surface area contributed by atoms with Gasteiger partial charge in [0.05, 0.1) is 13.2 Å². The van der Waals surface area contributed by atoms with E-state index in [1.165, 1.54) is 0 Å². The molecule has 2 atom stereocenters. The van der Waals surface area contributed by atoms with Gasteiger partial charge in [-0.1, -0.05) is 37.3 Å². The molecule has 0 N–H and O–H groups in total. The number of amides is 1. The first kappa shape index (κ1) is 21.7. The van der Waals surface area contributed by atoms with Crippen LogP contribution in [-0.4, -0.2) is 48.7 Å². The van der Waals surface area contributed by atoms with E-state index < -0.39 is 29.9 Å². The summed E-state index contributed by atoms with van der Waals surface area (Å²) in [6.07, 6.45) is 1.04. The summed E-state index contributed by atoms with van der Waals surface area (Å²) in [4.78, 5) is 39.0. The zero-order valence-corrected chi connectivity index (χ0v) is 16.8. The van der Waals surface area contributed by atoms with Crippen LogP contribution in [0.15, 0.2) is 30.3 Å². The van der Waals surface area contributed by atoms with Gasteiger partial charge in [0, 0.05) is 18.5 Å². The normalized spacial score (nSPS) is 17.3. The molecule has 1 saturated heterocycles. The fourth-order valence-electron chi connectivity index (χ4n) is 3.58. The minimum Gasteiger partial charge on any atom is -0.465 e. The zero-order valence-electron chi connectivity index (χ0n) is 16.8. The molecule has 0 aliphatic carbocycles. The zero-order chi connectivity index (χ0) is 20.5. The standard InChI is InChI=1S/C21H29NO6/c1-4-26-19(23)18(20(24)27-5-2)15(3)17-12-9-13-22(17)21(25)28-14-16-10-7-6-8-11-16/h6-8,10-11,15,17-18H,4-5,9,12-14H2,1-3H3/t15-,17-/m0/s1. The lowest BCUT2D eigenvalue weighted by molar-refractivity contribution is -0.165. The van der Waals surface area contributed by atoms with Crippen molar-refractivity contribution in [3.05, 3.63) is 35.9 Å². The van der Waals surface area contributed by atoms with Crippen molar-refractivity contribution < 1.29 is 28.6 Å². The molecule has 1 amide bonds. The van der Waals surface area contributed by atoms with Gasteiger partial charge in [0.25, 0.3) is 0 Å². The Labute approximate surface area is 165 Å². The molecule has 1 aromatic carbocycles. The van der Waals surface area contributed by atoms with Crippen LogP contribution in [0.2, 0.25) is 0 Å². The largest absolute Gasteiger partial charge is 0.465 e. The number of likely N-dealkylation sites (tertiary alicyclic amines) is 1. The molecule has 0 bridgehead atoms. The van der Waals surface area contributed by atoms with E-state index in [0.29, 0.717) is 13.0 Å². The van der Waals surface area contributed by atoms with Crippen molar-refractivity contribution >= 4 is 18.0 Å². The van der Waals surface area contributed by atoms with Crippen LogP contribution in [0.25, 0.3) is 0 Å². The lowest BCUT2D eigenvalue weighted by Gasteiger charge is -2.32. The van der Waals surface area contributed by atoms with Gasteiger partial charge in [0.15, 0.2) is 5.92 Å². The van der Waals surface area contributed by atoms with Crippen LogP contribution < -0.4 is 0 Å². The van der Waals surface area contributed by atoms with Crippen molar-refractivity contribution in [1.82, 2.24) is 4.90 Å². The van der Waals surface area contributed by atoms with Crippen molar-refractivity contribution in [2.75, 3.05) is 19.8 Å². The fourth-order valence-corrected chi connectivity index (χ4v) is 3.58. The Bertz CT molecular complexity index is 644. The molecule has 0 aromatic heterocycles. The van der Waals surface area contributed by atoms with E-state index in [4.69, 9.17) is 14.2 Å². The number of nitrogens with zero attached hydrogens (tertiary/aromatic N) is 1. The second kappa shape index (κ2) is 10.7. The molecule has 2 rings (SSSR count). The smallest absolute Gasteiger partial charge is 0.410 e. The molecule has 1 heterocycles. The third-order valence-electron chi connectivity index (χ3n) is 4.95. The maximum absolute atomic E-state index is 12.6. The Morgan fingerprint density at radius 3 is 2.21 bits per heavy atom. The molecule has 1 fully saturated rings. The van der Waals surface area contributed by atoms with Crippen LogP contribution in [0, 0.1) is 11.8 Å². The highest BCUT2D eigenvalue weighted by molar-refractivity contribution is 5.95. The predicted octanol–water partition coefficient (Wildman–Crippen LogP) is 3.17. The summed E-state index contributed by atoms with van der Waals surface area (Å²) in [6.45, 7) is 6.22. The van der Waals surface area contributed by atoms with E-state index >= 15 is 0 Å². The summed E-state index contributed by atoms with van der Waals surface area (Å²) < 4.78 is 15.6.